The highest BCUT2D eigenvalue weighted by Crippen LogP contribution is 2.29. The third kappa shape index (κ3) is 3.41. The Kier molecular flexibility index (Phi) is 4.86. The second kappa shape index (κ2) is 7.68. The molecule has 2 aliphatic rings. The van der Waals surface area contributed by atoms with Crippen molar-refractivity contribution in [3.05, 3.63) is 42.4 Å². The molecule has 5 rings (SSSR count). The van der Waals surface area contributed by atoms with Crippen molar-refractivity contribution in [2.45, 2.75) is 25.7 Å². The minimum Gasteiger partial charge on any atom is -0.355 e. The van der Waals surface area contributed by atoms with Crippen molar-refractivity contribution in [1.29, 1.82) is 0 Å². The van der Waals surface area contributed by atoms with E-state index in [1.165, 1.54) is 0 Å². The molecule has 1 N–H and O–H groups in total. The molecule has 2 aliphatic heterocycles. The molecule has 30 heavy (non-hydrogen) atoms. The number of likely N-dealkylation sites (N-methyl/N-ethyl adjacent to an activating group) is 1. The summed E-state index contributed by atoms with van der Waals surface area (Å²) < 4.78 is 1.92. The normalized spacial score (nSPS) is 22.1. The summed E-state index contributed by atoms with van der Waals surface area (Å²) in [5.74, 6) is 1.83. The van der Waals surface area contributed by atoms with Gasteiger partial charge in [-0.1, -0.05) is 6.07 Å². The Morgan fingerprint density at radius 3 is 2.90 bits per heavy atom. The number of hydrogen-bond donors (Lipinski definition) is 1. The van der Waals surface area contributed by atoms with Crippen molar-refractivity contribution in [3.8, 4) is 5.82 Å². The second-order valence-corrected chi connectivity index (χ2v) is 8.27. The van der Waals surface area contributed by atoms with Crippen molar-refractivity contribution in [1.82, 2.24) is 30.1 Å². The average molecular weight is 405 g/mol. The van der Waals surface area contributed by atoms with Gasteiger partial charge in [0.1, 0.15) is 5.82 Å². The van der Waals surface area contributed by atoms with Gasteiger partial charge in [-0.05, 0) is 45.0 Å². The molecule has 5 heterocycles. The molecular weight excluding hydrogens is 376 g/mol. The maximum atomic E-state index is 4.94. The molecule has 8 heteroatoms. The Morgan fingerprint density at radius 1 is 1.13 bits per heavy atom. The lowest BCUT2D eigenvalue weighted by Crippen LogP contribution is -2.31. The van der Waals surface area contributed by atoms with E-state index in [0.717, 1.165) is 73.9 Å². The molecule has 0 aromatic carbocycles. The minimum absolute atomic E-state index is 0.201. The van der Waals surface area contributed by atoms with E-state index in [4.69, 9.17) is 9.97 Å². The number of nitrogens with one attached hydrogen (secondary N) is 1. The fraction of sp³-hybridized carbons (Fsp3) is 0.455. The maximum absolute atomic E-state index is 4.94. The van der Waals surface area contributed by atoms with Gasteiger partial charge in [-0.3, -0.25) is 9.99 Å². The average Bonchev–Trinajstić information content (AvgIpc) is 3.27. The number of pyridine rings is 2. The van der Waals surface area contributed by atoms with Crippen LogP contribution >= 0.6 is 0 Å². The number of rotatable bonds is 4. The Balaban J connectivity index is 1.51. The summed E-state index contributed by atoms with van der Waals surface area (Å²) in [6.07, 6.45) is 6.91. The van der Waals surface area contributed by atoms with Crippen molar-refractivity contribution < 1.29 is 0 Å². The summed E-state index contributed by atoms with van der Waals surface area (Å²) in [6.45, 7) is 10.1. The molecule has 0 spiro atoms. The highest BCUT2D eigenvalue weighted by Gasteiger charge is 2.33. The highest BCUT2D eigenvalue weighted by molar-refractivity contribution is 5.82. The van der Waals surface area contributed by atoms with Crippen LogP contribution in [0.25, 0.3) is 16.7 Å². The van der Waals surface area contributed by atoms with Crippen LogP contribution in [0.5, 0.6) is 0 Å². The molecule has 0 radical (unpaired) electrons. The van der Waals surface area contributed by atoms with Gasteiger partial charge < -0.3 is 10.2 Å². The zero-order chi connectivity index (χ0) is 20.6. The summed E-state index contributed by atoms with van der Waals surface area (Å²) in [5.41, 5.74) is 1.83. The molecule has 0 aliphatic carbocycles. The molecular formula is C22H28N8. The van der Waals surface area contributed by atoms with E-state index in [1.54, 1.807) is 0 Å². The van der Waals surface area contributed by atoms with Gasteiger partial charge in [0.05, 0.1) is 29.4 Å². The number of fused-ring (bicyclic) bond motifs is 1. The van der Waals surface area contributed by atoms with E-state index < -0.39 is 0 Å². The Morgan fingerprint density at radius 2 is 2.03 bits per heavy atom. The largest absolute Gasteiger partial charge is 0.355 e. The fourth-order valence-corrected chi connectivity index (χ4v) is 4.21. The number of nitrogens with zero attached hydrogens (tertiary/aromatic N) is 7. The van der Waals surface area contributed by atoms with E-state index in [2.05, 4.69) is 57.5 Å². The van der Waals surface area contributed by atoms with Gasteiger partial charge in [-0.15, -0.1) is 0 Å². The number of aromatic nitrogens is 4. The molecule has 3 aromatic rings. The summed E-state index contributed by atoms with van der Waals surface area (Å²) in [6, 6.07) is 8.31. The van der Waals surface area contributed by atoms with Crippen molar-refractivity contribution >= 4 is 22.9 Å². The van der Waals surface area contributed by atoms with E-state index in [0.29, 0.717) is 0 Å². The zero-order valence-electron chi connectivity index (χ0n) is 17.6. The molecule has 8 nitrogen and oxygen atoms in total. The summed E-state index contributed by atoms with van der Waals surface area (Å²) >= 11 is 0. The molecule has 1 atom stereocenters. The zero-order valence-corrected chi connectivity index (χ0v) is 17.6. The lowest BCUT2D eigenvalue weighted by atomic mass is 9.88. The summed E-state index contributed by atoms with van der Waals surface area (Å²) in [7, 11) is 0. The first-order chi connectivity index (χ1) is 14.7. The first-order valence-corrected chi connectivity index (χ1v) is 10.7. The summed E-state index contributed by atoms with van der Waals surface area (Å²) in [4.78, 5) is 12.0. The first kappa shape index (κ1) is 19.0. The first-order valence-electron chi connectivity index (χ1n) is 10.7. The quantitative estimate of drug-likeness (QED) is 0.719. The van der Waals surface area contributed by atoms with Gasteiger partial charge in [-0.2, -0.15) is 10.2 Å². The van der Waals surface area contributed by atoms with E-state index in [9.17, 15) is 0 Å². The Hall–Kier alpha value is -3.00. The molecule has 1 unspecified atom stereocenters. The Bertz CT molecular complexity index is 1070. The van der Waals surface area contributed by atoms with Gasteiger partial charge in [0.2, 0.25) is 0 Å². The third-order valence-corrected chi connectivity index (χ3v) is 6.02. The second-order valence-electron chi connectivity index (χ2n) is 8.27. The van der Waals surface area contributed by atoms with Crippen LogP contribution in [0.1, 0.15) is 26.0 Å². The van der Waals surface area contributed by atoms with Crippen molar-refractivity contribution in [2.75, 3.05) is 44.2 Å². The van der Waals surface area contributed by atoms with Gasteiger partial charge >= 0.3 is 0 Å². The van der Waals surface area contributed by atoms with Crippen LogP contribution < -0.4 is 10.2 Å². The van der Waals surface area contributed by atoms with Crippen LogP contribution in [-0.2, 0) is 5.41 Å². The maximum Gasteiger partial charge on any atom is 0.156 e. The van der Waals surface area contributed by atoms with E-state index in [1.807, 2.05) is 29.4 Å². The predicted octanol–water partition coefficient (Wildman–Crippen LogP) is 2.19. The van der Waals surface area contributed by atoms with Gasteiger partial charge in [-0.25, -0.2) is 9.67 Å². The highest BCUT2D eigenvalue weighted by atomic mass is 15.5. The van der Waals surface area contributed by atoms with Crippen LogP contribution in [-0.4, -0.2) is 70.2 Å². The smallest absolute Gasteiger partial charge is 0.156 e. The number of anilines is 1. The Labute approximate surface area is 176 Å². The predicted molar refractivity (Wildman–Crippen MR) is 119 cm³/mol. The molecule has 0 saturated carbocycles. The molecule has 1 fully saturated rings. The van der Waals surface area contributed by atoms with Crippen LogP contribution in [0, 0.1) is 0 Å². The number of hydrazone groups is 1. The van der Waals surface area contributed by atoms with Crippen molar-refractivity contribution in [2.24, 2.45) is 5.10 Å². The topological polar surface area (TPSA) is 74.5 Å². The third-order valence-electron chi connectivity index (χ3n) is 6.02. The van der Waals surface area contributed by atoms with Gasteiger partial charge in [0.15, 0.2) is 5.82 Å². The molecule has 0 bridgehead atoms. The minimum atomic E-state index is -0.201. The molecule has 156 valence electrons. The number of hydrogen-bond acceptors (Lipinski definition) is 7. The van der Waals surface area contributed by atoms with Crippen LogP contribution in [0.4, 0.5) is 5.82 Å². The molecule has 0 amide bonds. The van der Waals surface area contributed by atoms with E-state index in [-0.39, 0.29) is 5.41 Å². The van der Waals surface area contributed by atoms with Gasteiger partial charge in [0.25, 0.3) is 0 Å². The fourth-order valence-electron chi connectivity index (χ4n) is 4.21. The van der Waals surface area contributed by atoms with Crippen LogP contribution in [0.2, 0.25) is 0 Å². The van der Waals surface area contributed by atoms with Gasteiger partial charge in [0, 0.05) is 44.0 Å². The van der Waals surface area contributed by atoms with E-state index >= 15 is 0 Å². The van der Waals surface area contributed by atoms with Crippen molar-refractivity contribution in [3.63, 3.8) is 0 Å². The lowest BCUT2D eigenvalue weighted by Gasteiger charge is -2.22. The van der Waals surface area contributed by atoms with Crippen LogP contribution in [0.3, 0.4) is 0 Å². The van der Waals surface area contributed by atoms with Crippen LogP contribution in [0.15, 0.2) is 41.8 Å². The molecule has 3 aromatic heterocycles. The standard InChI is InChI=1S/C22H28N8/c1-3-29-16-22(2,15-26-29)19-12-18-17(13-24-19)14-25-30(18)21-7-4-6-20(27-21)28-10-5-8-23-9-11-28/h4,6-7,12-15,23H,3,5,8-11,16H2,1-2H3. The lowest BCUT2D eigenvalue weighted by molar-refractivity contribution is 0.300. The monoisotopic (exact) mass is 404 g/mol. The SMILES string of the molecule is CCN1CC(C)(c2cc3c(cn2)cnn3-c2cccc(N3CCCNCC3)n2)C=N1. The molecule has 1 saturated heterocycles. The summed E-state index contributed by atoms with van der Waals surface area (Å²) in [5, 5.41) is 15.7.